The average Bonchev–Trinajstić information content (AvgIpc) is 2.76. The lowest BCUT2D eigenvalue weighted by Crippen LogP contribution is -2.39. The Morgan fingerprint density at radius 2 is 2.10 bits per heavy atom. The van der Waals surface area contributed by atoms with Crippen molar-refractivity contribution in [1.29, 1.82) is 0 Å². The van der Waals surface area contributed by atoms with E-state index in [1.807, 2.05) is 19.1 Å². The van der Waals surface area contributed by atoms with Gasteiger partial charge in [0, 0.05) is 36.6 Å². The van der Waals surface area contributed by atoms with Crippen molar-refractivity contribution >= 4 is 5.69 Å². The molecule has 2 aliphatic rings. The fourth-order valence-corrected chi connectivity index (χ4v) is 4.09. The van der Waals surface area contributed by atoms with Crippen molar-refractivity contribution < 1.29 is 14.2 Å². The second-order valence-corrected chi connectivity index (χ2v) is 7.84. The smallest absolute Gasteiger partial charge is 0.257 e. The number of hydrogen-bond donors (Lipinski definition) is 1. The van der Waals surface area contributed by atoms with Gasteiger partial charge in [0.05, 0.1) is 12.8 Å². The molecule has 2 atom stereocenters. The monoisotopic (exact) mass is 398 g/mol. The first kappa shape index (κ1) is 19.8. The molecule has 7 heteroatoms. The summed E-state index contributed by atoms with van der Waals surface area (Å²) in [5.74, 6) is 2.60. The number of aromatic nitrogens is 2. The summed E-state index contributed by atoms with van der Waals surface area (Å²) in [5, 5.41) is 3.57. The van der Waals surface area contributed by atoms with Gasteiger partial charge >= 0.3 is 0 Å². The Labute approximate surface area is 172 Å². The molecule has 4 heterocycles. The Bertz CT molecular complexity index is 845. The summed E-state index contributed by atoms with van der Waals surface area (Å²) in [4.78, 5) is 11.6. The number of likely N-dealkylation sites (tertiary alicyclic amines) is 1. The van der Waals surface area contributed by atoms with Gasteiger partial charge in [-0.15, -0.1) is 0 Å². The van der Waals surface area contributed by atoms with E-state index in [0.29, 0.717) is 30.9 Å². The fourth-order valence-electron chi connectivity index (χ4n) is 4.09. The van der Waals surface area contributed by atoms with Gasteiger partial charge in [-0.3, -0.25) is 4.90 Å². The number of nitrogens with one attached hydrogen (secondary N) is 1. The zero-order chi connectivity index (χ0) is 20.2. The summed E-state index contributed by atoms with van der Waals surface area (Å²) >= 11 is 0. The standard InChI is InChI=1S/C22H30N4O3/c1-15-11-18(12-21(24-15)27-3)23-13-17-5-4-8-26(14-17)16(2)19-6-7-20-22(25-19)29-10-9-28-20/h6-7,11-12,16-17H,4-5,8-10,13-14H2,1-3H3,(H,23,24)/t16-,17-/m0/s1. The maximum absolute atomic E-state index is 5.66. The van der Waals surface area contributed by atoms with Crippen LogP contribution in [-0.4, -0.2) is 54.8 Å². The van der Waals surface area contributed by atoms with Crippen LogP contribution in [0, 0.1) is 12.8 Å². The second-order valence-electron chi connectivity index (χ2n) is 7.84. The van der Waals surface area contributed by atoms with Crippen molar-refractivity contribution in [3.8, 4) is 17.5 Å². The molecule has 4 rings (SSSR count). The summed E-state index contributed by atoms with van der Waals surface area (Å²) in [7, 11) is 1.65. The minimum absolute atomic E-state index is 0.247. The first-order chi connectivity index (χ1) is 14.1. The van der Waals surface area contributed by atoms with E-state index in [4.69, 9.17) is 19.2 Å². The molecule has 0 amide bonds. The zero-order valence-corrected chi connectivity index (χ0v) is 17.5. The Hall–Kier alpha value is -2.54. The number of fused-ring (bicyclic) bond motifs is 1. The minimum atomic E-state index is 0.247. The van der Waals surface area contributed by atoms with Gasteiger partial charge in [0.2, 0.25) is 5.88 Å². The molecule has 0 aromatic carbocycles. The van der Waals surface area contributed by atoms with Gasteiger partial charge in [-0.2, -0.15) is 0 Å². The summed E-state index contributed by atoms with van der Waals surface area (Å²) in [5.41, 5.74) is 3.06. The van der Waals surface area contributed by atoms with Crippen molar-refractivity contribution in [2.24, 2.45) is 5.92 Å². The lowest BCUT2D eigenvalue weighted by atomic mass is 9.96. The number of ether oxygens (including phenoxy) is 3. The van der Waals surface area contributed by atoms with Crippen LogP contribution < -0.4 is 19.5 Å². The third-order valence-corrected chi connectivity index (χ3v) is 5.69. The molecule has 2 aromatic heterocycles. The molecule has 1 saturated heterocycles. The quantitative estimate of drug-likeness (QED) is 0.799. The van der Waals surface area contributed by atoms with E-state index in [2.05, 4.69) is 34.3 Å². The predicted molar refractivity (Wildman–Crippen MR) is 112 cm³/mol. The summed E-state index contributed by atoms with van der Waals surface area (Å²) in [6, 6.07) is 8.30. The van der Waals surface area contributed by atoms with Gasteiger partial charge in [0.15, 0.2) is 5.75 Å². The molecule has 0 radical (unpaired) electrons. The zero-order valence-electron chi connectivity index (χ0n) is 17.5. The maximum Gasteiger partial charge on any atom is 0.257 e. The molecule has 0 unspecified atom stereocenters. The molecule has 0 bridgehead atoms. The molecule has 2 aliphatic heterocycles. The van der Waals surface area contributed by atoms with Crippen molar-refractivity contribution in [3.63, 3.8) is 0 Å². The van der Waals surface area contributed by atoms with E-state index in [-0.39, 0.29) is 6.04 Å². The number of methoxy groups -OCH3 is 1. The van der Waals surface area contributed by atoms with Gasteiger partial charge in [-0.25, -0.2) is 9.97 Å². The highest BCUT2D eigenvalue weighted by atomic mass is 16.6. The van der Waals surface area contributed by atoms with E-state index < -0.39 is 0 Å². The van der Waals surface area contributed by atoms with Crippen LogP contribution >= 0.6 is 0 Å². The summed E-state index contributed by atoms with van der Waals surface area (Å²) in [6.45, 7) is 8.44. The number of hydrogen-bond acceptors (Lipinski definition) is 7. The van der Waals surface area contributed by atoms with Crippen LogP contribution in [0.3, 0.4) is 0 Å². The van der Waals surface area contributed by atoms with Gasteiger partial charge in [0.25, 0.3) is 5.88 Å². The summed E-state index contributed by atoms with van der Waals surface area (Å²) < 4.78 is 16.5. The van der Waals surface area contributed by atoms with Crippen molar-refractivity contribution in [2.45, 2.75) is 32.7 Å². The van der Waals surface area contributed by atoms with Crippen molar-refractivity contribution in [2.75, 3.05) is 45.3 Å². The van der Waals surface area contributed by atoms with E-state index in [0.717, 1.165) is 42.5 Å². The molecular formula is C22H30N4O3. The topological polar surface area (TPSA) is 68.7 Å². The third kappa shape index (κ3) is 4.72. The number of anilines is 1. The molecule has 2 aromatic rings. The van der Waals surface area contributed by atoms with Gasteiger partial charge < -0.3 is 19.5 Å². The van der Waals surface area contributed by atoms with E-state index >= 15 is 0 Å². The molecule has 7 nitrogen and oxygen atoms in total. The molecule has 0 spiro atoms. The molecular weight excluding hydrogens is 368 g/mol. The normalized spacial score (nSPS) is 20.2. The Kier molecular flexibility index (Phi) is 6.04. The van der Waals surface area contributed by atoms with Crippen LogP contribution in [0.2, 0.25) is 0 Å². The highest BCUT2D eigenvalue weighted by Gasteiger charge is 2.26. The first-order valence-electron chi connectivity index (χ1n) is 10.4. The highest BCUT2D eigenvalue weighted by molar-refractivity contribution is 5.47. The van der Waals surface area contributed by atoms with Crippen LogP contribution in [0.25, 0.3) is 0 Å². The van der Waals surface area contributed by atoms with Crippen molar-refractivity contribution in [1.82, 2.24) is 14.9 Å². The third-order valence-electron chi connectivity index (χ3n) is 5.69. The van der Waals surface area contributed by atoms with Crippen LogP contribution in [0.4, 0.5) is 5.69 Å². The largest absolute Gasteiger partial charge is 0.484 e. The average molecular weight is 399 g/mol. The maximum atomic E-state index is 5.66. The van der Waals surface area contributed by atoms with Gasteiger partial charge in [-0.1, -0.05) is 0 Å². The van der Waals surface area contributed by atoms with Gasteiger partial charge in [0.1, 0.15) is 13.2 Å². The number of piperidine rings is 1. The summed E-state index contributed by atoms with van der Waals surface area (Å²) in [6.07, 6.45) is 2.42. The Morgan fingerprint density at radius 3 is 2.97 bits per heavy atom. The second kappa shape index (κ2) is 8.86. The van der Waals surface area contributed by atoms with Crippen LogP contribution in [0.5, 0.6) is 17.5 Å². The van der Waals surface area contributed by atoms with E-state index in [1.165, 1.54) is 12.8 Å². The van der Waals surface area contributed by atoms with Crippen LogP contribution in [0.1, 0.15) is 37.2 Å². The minimum Gasteiger partial charge on any atom is -0.484 e. The molecule has 0 aliphatic carbocycles. The number of nitrogens with zero attached hydrogens (tertiary/aromatic N) is 3. The molecule has 1 N–H and O–H groups in total. The highest BCUT2D eigenvalue weighted by Crippen LogP contribution is 2.32. The van der Waals surface area contributed by atoms with E-state index in [9.17, 15) is 0 Å². The lowest BCUT2D eigenvalue weighted by molar-refractivity contribution is 0.131. The SMILES string of the molecule is COc1cc(NC[C@@H]2CCCN([C@@H](C)c3ccc4c(n3)OCCO4)C2)cc(C)n1. The number of pyridine rings is 2. The van der Waals surface area contributed by atoms with Crippen LogP contribution in [-0.2, 0) is 0 Å². The van der Waals surface area contributed by atoms with Gasteiger partial charge in [-0.05, 0) is 57.4 Å². The lowest BCUT2D eigenvalue weighted by Gasteiger charge is -2.37. The Morgan fingerprint density at radius 1 is 1.24 bits per heavy atom. The molecule has 0 saturated carbocycles. The molecule has 1 fully saturated rings. The number of rotatable bonds is 6. The Balaban J connectivity index is 1.37. The fraction of sp³-hybridized carbons (Fsp3) is 0.545. The predicted octanol–water partition coefficient (Wildman–Crippen LogP) is 3.45. The van der Waals surface area contributed by atoms with E-state index in [1.54, 1.807) is 7.11 Å². The molecule has 156 valence electrons. The first-order valence-corrected chi connectivity index (χ1v) is 10.4. The molecule has 29 heavy (non-hydrogen) atoms. The van der Waals surface area contributed by atoms with Crippen LogP contribution in [0.15, 0.2) is 24.3 Å². The van der Waals surface area contributed by atoms with Crippen molar-refractivity contribution in [3.05, 3.63) is 35.7 Å². The number of aryl methyl sites for hydroxylation is 1.